The molecule has 9 aromatic carbocycles. The Morgan fingerprint density at radius 1 is 0.383 bits per heavy atom. The normalized spacial score (nSPS) is 16.3. The molecule has 47 heavy (non-hydrogen) atoms. The van der Waals surface area contributed by atoms with Crippen molar-refractivity contribution >= 4 is 65.0 Å². The summed E-state index contributed by atoms with van der Waals surface area (Å²) in [5, 5.41) is 1.81. The van der Waals surface area contributed by atoms with Gasteiger partial charge in [0.05, 0.1) is 20.6 Å². The van der Waals surface area contributed by atoms with E-state index in [4.69, 9.17) is 18.1 Å². The summed E-state index contributed by atoms with van der Waals surface area (Å²) in [4.78, 5) is 0. The zero-order chi connectivity index (χ0) is 44.0. The van der Waals surface area contributed by atoms with E-state index in [0.29, 0.717) is 27.9 Å². The van der Waals surface area contributed by atoms with Gasteiger partial charge in [0.15, 0.2) is 0 Å². The van der Waals surface area contributed by atoms with Crippen molar-refractivity contribution in [3.05, 3.63) is 169 Å². The largest absolute Gasteiger partial charge is 0.456 e. The van der Waals surface area contributed by atoms with Gasteiger partial charge in [-0.2, -0.15) is 0 Å². The van der Waals surface area contributed by atoms with Crippen molar-refractivity contribution in [2.24, 2.45) is 0 Å². The highest BCUT2D eigenvalue weighted by Crippen LogP contribution is 2.47. The highest BCUT2D eigenvalue weighted by atomic mass is 16.3. The van der Waals surface area contributed by atoms with Gasteiger partial charge in [0, 0.05) is 10.8 Å². The van der Waals surface area contributed by atoms with Crippen LogP contribution in [0.25, 0.3) is 98.4 Å². The van der Waals surface area contributed by atoms with Gasteiger partial charge in [-0.25, -0.2) is 0 Å². The summed E-state index contributed by atoms with van der Waals surface area (Å²) >= 11 is 0. The van der Waals surface area contributed by atoms with E-state index < -0.39 is 107 Å². The average Bonchev–Trinajstić information content (AvgIpc) is 3.67. The molecular formula is C46H28O. The van der Waals surface area contributed by atoms with Crippen LogP contribution in [-0.2, 0) is 0 Å². The van der Waals surface area contributed by atoms with Gasteiger partial charge in [-0.1, -0.05) is 151 Å². The molecular weight excluding hydrogens is 569 g/mol. The summed E-state index contributed by atoms with van der Waals surface area (Å²) in [7, 11) is 0. The molecule has 0 aliphatic heterocycles. The molecule has 0 amide bonds. The van der Waals surface area contributed by atoms with Gasteiger partial charge in [-0.05, 0) is 94.7 Å². The van der Waals surface area contributed by atoms with E-state index in [0.717, 1.165) is 21.5 Å². The lowest BCUT2D eigenvalue weighted by Gasteiger charge is -2.20. The van der Waals surface area contributed by atoms with E-state index in [1.54, 1.807) is 24.3 Å². The minimum atomic E-state index is -0.759. The van der Waals surface area contributed by atoms with E-state index in [-0.39, 0.29) is 32.7 Å². The topological polar surface area (TPSA) is 13.1 Å². The Hall–Kier alpha value is -6.18. The Morgan fingerprint density at radius 2 is 0.979 bits per heavy atom. The molecule has 1 nitrogen and oxygen atoms in total. The SMILES string of the molecule is [2H]c1c([2H])c([2H])c2c(-c3c4c([2H])c([2H])c([2H])c([2H])c4c(-c4ccccc4-c4ccc5oc6ccc7ccccc7c6c5c4)c4c([2H])c([2H])c([2H])c([2H])c34)c([2H])c([2H])c([2H])c2c1[2H]. The zero-order valence-corrected chi connectivity index (χ0v) is 24.4. The maximum absolute atomic E-state index is 9.50. The fourth-order valence-electron chi connectivity index (χ4n) is 6.81. The smallest absolute Gasteiger partial charge is 0.136 e. The fraction of sp³-hybridized carbons (Fsp3) is 0. The third kappa shape index (κ3) is 3.90. The number of rotatable bonds is 3. The number of hydrogen-bond acceptors (Lipinski definition) is 1. The van der Waals surface area contributed by atoms with Crippen LogP contribution in [0.3, 0.4) is 0 Å². The molecule has 10 aromatic rings. The van der Waals surface area contributed by atoms with Gasteiger partial charge < -0.3 is 4.42 Å². The zero-order valence-electron chi connectivity index (χ0n) is 39.4. The first-order chi connectivity index (χ1) is 29.6. The summed E-state index contributed by atoms with van der Waals surface area (Å²) < 4.78 is 142. The number of benzene rings is 9. The van der Waals surface area contributed by atoms with Gasteiger partial charge in [0.25, 0.3) is 0 Å². The Balaban J connectivity index is 1.45. The van der Waals surface area contributed by atoms with Crippen LogP contribution in [0.4, 0.5) is 0 Å². The molecule has 0 N–H and O–H groups in total. The van der Waals surface area contributed by atoms with Crippen LogP contribution in [-0.4, -0.2) is 0 Å². The molecule has 0 aliphatic rings. The molecule has 0 radical (unpaired) electrons. The second-order valence-electron chi connectivity index (χ2n) is 11.3. The van der Waals surface area contributed by atoms with Crippen LogP contribution in [0.5, 0.6) is 0 Å². The fourth-order valence-corrected chi connectivity index (χ4v) is 6.81. The van der Waals surface area contributed by atoms with Crippen molar-refractivity contribution in [3.63, 3.8) is 0 Å². The van der Waals surface area contributed by atoms with Crippen molar-refractivity contribution in [1.82, 2.24) is 0 Å². The lowest BCUT2D eigenvalue weighted by molar-refractivity contribution is 0.669. The Bertz CT molecular complexity index is 3620. The van der Waals surface area contributed by atoms with Crippen molar-refractivity contribution in [1.29, 1.82) is 0 Å². The standard InChI is InChI=1S/C46H28O/c1-3-15-32-29(12-1)14-11-23-36(32)45-39-21-9-7-19-37(39)44(38-20-8-10-22-40(38)45)35-18-6-5-16-33(35)31-25-26-42-41(28-31)46-34-17-4-2-13-30(34)24-27-43(46)47-42/h1-28H/i1D,3D,7D,8D,9D,10D,11D,12D,14D,15D,19D,20D,21D,22D,23D. The third-order valence-corrected chi connectivity index (χ3v) is 8.80. The number of furan rings is 1. The van der Waals surface area contributed by atoms with E-state index in [1.807, 2.05) is 54.6 Å². The summed E-state index contributed by atoms with van der Waals surface area (Å²) in [5.74, 6) is 0. The molecule has 0 unspecified atom stereocenters. The van der Waals surface area contributed by atoms with Gasteiger partial charge in [-0.15, -0.1) is 0 Å². The van der Waals surface area contributed by atoms with Crippen molar-refractivity contribution in [2.75, 3.05) is 0 Å². The minimum absolute atomic E-state index is 0.0249. The van der Waals surface area contributed by atoms with E-state index >= 15 is 0 Å². The maximum Gasteiger partial charge on any atom is 0.136 e. The second-order valence-corrected chi connectivity index (χ2v) is 11.3. The van der Waals surface area contributed by atoms with E-state index in [1.165, 1.54) is 0 Å². The first kappa shape index (κ1) is 15.4. The quantitative estimate of drug-likeness (QED) is 0.181. The Labute approximate surface area is 293 Å². The molecule has 218 valence electrons. The predicted molar refractivity (Wildman–Crippen MR) is 200 cm³/mol. The van der Waals surface area contributed by atoms with E-state index in [9.17, 15) is 6.85 Å². The monoisotopic (exact) mass is 611 g/mol. The maximum atomic E-state index is 9.50. The summed E-state index contributed by atoms with van der Waals surface area (Å²) in [6.07, 6.45) is 0. The number of hydrogen-bond donors (Lipinski definition) is 0. The van der Waals surface area contributed by atoms with Crippen LogP contribution < -0.4 is 0 Å². The molecule has 1 aromatic heterocycles. The summed E-state index contributed by atoms with van der Waals surface area (Å²) in [5.41, 5.74) is 2.03. The van der Waals surface area contributed by atoms with Crippen LogP contribution >= 0.6 is 0 Å². The first-order valence-corrected chi connectivity index (χ1v) is 15.0. The molecule has 0 atom stereocenters. The minimum Gasteiger partial charge on any atom is -0.456 e. The molecule has 0 saturated heterocycles. The van der Waals surface area contributed by atoms with Crippen LogP contribution in [0, 0.1) is 0 Å². The van der Waals surface area contributed by atoms with Crippen molar-refractivity contribution < 1.29 is 25.0 Å². The first-order valence-electron chi connectivity index (χ1n) is 22.5. The highest BCUT2D eigenvalue weighted by molar-refractivity contribution is 6.25. The van der Waals surface area contributed by atoms with Crippen molar-refractivity contribution in [3.8, 4) is 33.4 Å². The average molecular weight is 612 g/mol. The second kappa shape index (κ2) is 10.2. The van der Waals surface area contributed by atoms with Gasteiger partial charge in [0.2, 0.25) is 0 Å². The summed E-state index contributed by atoms with van der Waals surface area (Å²) in [6, 6.07) is 14.1. The van der Waals surface area contributed by atoms with Gasteiger partial charge in [-0.3, -0.25) is 0 Å². The third-order valence-electron chi connectivity index (χ3n) is 8.80. The molecule has 0 aliphatic carbocycles. The predicted octanol–water partition coefficient (Wildman–Crippen LogP) is 13.2. The molecule has 1 heteroatoms. The Kier molecular flexibility index (Phi) is 3.33. The molecule has 0 spiro atoms. The van der Waals surface area contributed by atoms with Gasteiger partial charge >= 0.3 is 0 Å². The van der Waals surface area contributed by atoms with Crippen molar-refractivity contribution in [2.45, 2.75) is 0 Å². The molecule has 0 bridgehead atoms. The highest BCUT2D eigenvalue weighted by Gasteiger charge is 2.20. The summed E-state index contributed by atoms with van der Waals surface area (Å²) in [6.45, 7) is 0. The molecule has 0 saturated carbocycles. The number of fused-ring (bicyclic) bond motifs is 8. The lowest BCUT2D eigenvalue weighted by Crippen LogP contribution is -1.93. The molecule has 10 rings (SSSR count). The van der Waals surface area contributed by atoms with E-state index in [2.05, 4.69) is 0 Å². The molecule has 0 fully saturated rings. The molecule has 1 heterocycles. The lowest BCUT2D eigenvalue weighted by atomic mass is 9.83. The van der Waals surface area contributed by atoms with Crippen LogP contribution in [0.1, 0.15) is 20.6 Å². The Morgan fingerprint density at radius 3 is 1.74 bits per heavy atom. The van der Waals surface area contributed by atoms with Crippen LogP contribution in [0.15, 0.2) is 174 Å². The van der Waals surface area contributed by atoms with Crippen LogP contribution in [0.2, 0.25) is 0 Å². The van der Waals surface area contributed by atoms with Gasteiger partial charge in [0.1, 0.15) is 11.2 Å².